The molecule has 0 fully saturated rings. The first-order chi connectivity index (χ1) is 9.45. The van der Waals surface area contributed by atoms with Gasteiger partial charge in [-0.3, -0.25) is 14.6 Å². The van der Waals surface area contributed by atoms with Gasteiger partial charge in [-0.1, -0.05) is 25.1 Å². The van der Waals surface area contributed by atoms with Crippen molar-refractivity contribution in [1.29, 1.82) is 0 Å². The van der Waals surface area contributed by atoms with Gasteiger partial charge in [0.25, 0.3) is 5.91 Å². The number of ketones is 1. The first-order valence-corrected chi connectivity index (χ1v) is 6.68. The minimum atomic E-state index is -0.952. The highest BCUT2D eigenvalue weighted by molar-refractivity contribution is 6.13. The molecule has 2 N–H and O–H groups in total. The monoisotopic (exact) mass is 273 g/mol. The van der Waals surface area contributed by atoms with E-state index in [1.807, 2.05) is 32.0 Å². The van der Waals surface area contributed by atoms with E-state index in [1.165, 1.54) is 4.90 Å². The molecular formula is C15H19N3O2. The quantitative estimate of drug-likeness (QED) is 0.904. The van der Waals surface area contributed by atoms with E-state index in [-0.39, 0.29) is 18.2 Å². The van der Waals surface area contributed by atoms with Gasteiger partial charge in [-0.15, -0.1) is 0 Å². The van der Waals surface area contributed by atoms with Crippen LogP contribution in [-0.4, -0.2) is 30.1 Å². The van der Waals surface area contributed by atoms with Crippen LogP contribution in [0.15, 0.2) is 23.2 Å². The van der Waals surface area contributed by atoms with E-state index in [4.69, 9.17) is 5.73 Å². The standard InChI is InChI=1S/C15H19N3O2/c1-4-11(19)8-18-13-9(2)6-5-7-12(13)10(3)17-14(16)15(18)20/h5-7,14H,4,8,16H2,1-3H3. The van der Waals surface area contributed by atoms with E-state index >= 15 is 0 Å². The highest BCUT2D eigenvalue weighted by Gasteiger charge is 2.30. The normalized spacial score (nSPS) is 18.4. The fourth-order valence-electron chi connectivity index (χ4n) is 2.36. The Balaban J connectivity index is 2.59. The first kappa shape index (κ1) is 14.4. The van der Waals surface area contributed by atoms with Gasteiger partial charge in [0.15, 0.2) is 11.9 Å². The van der Waals surface area contributed by atoms with Gasteiger partial charge in [0.2, 0.25) is 0 Å². The Kier molecular flexibility index (Phi) is 3.99. The minimum absolute atomic E-state index is 0.000642. The number of nitrogens with zero attached hydrogens (tertiary/aromatic N) is 2. The van der Waals surface area contributed by atoms with Crippen molar-refractivity contribution in [3.8, 4) is 0 Å². The third-order valence-electron chi connectivity index (χ3n) is 3.48. The topological polar surface area (TPSA) is 75.8 Å². The third kappa shape index (κ3) is 2.49. The molecule has 1 aliphatic rings. The zero-order chi connectivity index (χ0) is 14.9. The van der Waals surface area contributed by atoms with E-state index in [9.17, 15) is 9.59 Å². The summed E-state index contributed by atoms with van der Waals surface area (Å²) in [5, 5.41) is 0. The van der Waals surface area contributed by atoms with Crippen molar-refractivity contribution < 1.29 is 9.59 Å². The SMILES string of the molecule is CCC(=O)CN1C(=O)C(N)N=C(C)c2cccc(C)c21. The van der Waals surface area contributed by atoms with Crippen LogP contribution >= 0.6 is 0 Å². The lowest BCUT2D eigenvalue weighted by atomic mass is 10.0. The van der Waals surface area contributed by atoms with Crippen molar-refractivity contribution in [2.75, 3.05) is 11.4 Å². The summed E-state index contributed by atoms with van der Waals surface area (Å²) < 4.78 is 0. The lowest BCUT2D eigenvalue weighted by Crippen LogP contribution is -2.44. The van der Waals surface area contributed by atoms with Crippen LogP contribution in [0.1, 0.15) is 31.4 Å². The van der Waals surface area contributed by atoms with Gasteiger partial charge in [0.05, 0.1) is 12.2 Å². The van der Waals surface area contributed by atoms with Crippen LogP contribution in [0.3, 0.4) is 0 Å². The van der Waals surface area contributed by atoms with Crippen molar-refractivity contribution in [3.05, 3.63) is 29.3 Å². The van der Waals surface area contributed by atoms with E-state index in [2.05, 4.69) is 4.99 Å². The number of anilines is 1. The van der Waals surface area contributed by atoms with Crippen LogP contribution < -0.4 is 10.6 Å². The van der Waals surface area contributed by atoms with Crippen LogP contribution in [0.4, 0.5) is 5.69 Å². The molecule has 1 aromatic rings. The average Bonchev–Trinajstić information content (AvgIpc) is 2.51. The molecule has 0 radical (unpaired) electrons. The number of hydrogen-bond acceptors (Lipinski definition) is 4. The predicted octanol–water partition coefficient (Wildman–Crippen LogP) is 1.41. The molecule has 1 heterocycles. The first-order valence-electron chi connectivity index (χ1n) is 6.68. The van der Waals surface area contributed by atoms with Crippen LogP contribution in [-0.2, 0) is 9.59 Å². The van der Waals surface area contributed by atoms with E-state index < -0.39 is 6.17 Å². The molecule has 0 bridgehead atoms. The number of carbonyl (C=O) groups excluding carboxylic acids is 2. The maximum Gasteiger partial charge on any atom is 0.266 e. The summed E-state index contributed by atoms with van der Waals surface area (Å²) in [4.78, 5) is 29.9. The highest BCUT2D eigenvalue weighted by Crippen LogP contribution is 2.29. The van der Waals surface area contributed by atoms with E-state index in [0.717, 1.165) is 22.5 Å². The molecule has 0 aliphatic carbocycles. The minimum Gasteiger partial charge on any atom is -0.302 e. The largest absolute Gasteiger partial charge is 0.302 e. The molecule has 0 spiro atoms. The Morgan fingerprint density at radius 2 is 2.10 bits per heavy atom. The molecule has 1 unspecified atom stereocenters. The van der Waals surface area contributed by atoms with Crippen molar-refractivity contribution in [1.82, 2.24) is 0 Å². The highest BCUT2D eigenvalue weighted by atomic mass is 16.2. The summed E-state index contributed by atoms with van der Waals surface area (Å²) >= 11 is 0. The number of amides is 1. The fraction of sp³-hybridized carbons (Fsp3) is 0.400. The number of rotatable bonds is 3. The molecule has 0 saturated heterocycles. The number of aryl methyl sites for hydroxylation is 1. The second kappa shape index (κ2) is 5.54. The Bertz CT molecular complexity index is 593. The van der Waals surface area contributed by atoms with Gasteiger partial charge in [-0.25, -0.2) is 0 Å². The Morgan fingerprint density at radius 3 is 2.75 bits per heavy atom. The second-order valence-corrected chi connectivity index (χ2v) is 4.95. The van der Waals surface area contributed by atoms with E-state index in [0.29, 0.717) is 6.42 Å². The molecule has 5 heteroatoms. The number of nitrogens with two attached hydrogens (primary N) is 1. The van der Waals surface area contributed by atoms with Crippen LogP contribution in [0.2, 0.25) is 0 Å². The molecule has 1 amide bonds. The maximum atomic E-state index is 12.4. The van der Waals surface area contributed by atoms with Crippen molar-refractivity contribution in [2.45, 2.75) is 33.4 Å². The molecule has 20 heavy (non-hydrogen) atoms. The molecule has 5 nitrogen and oxygen atoms in total. The number of fused-ring (bicyclic) bond motifs is 1. The molecule has 0 saturated carbocycles. The summed E-state index contributed by atoms with van der Waals surface area (Å²) in [6.45, 7) is 5.57. The van der Waals surface area contributed by atoms with Crippen LogP contribution in [0, 0.1) is 6.92 Å². The number of benzene rings is 1. The second-order valence-electron chi connectivity index (χ2n) is 4.95. The van der Waals surface area contributed by atoms with Gasteiger partial charge < -0.3 is 10.6 Å². The average molecular weight is 273 g/mol. The maximum absolute atomic E-state index is 12.4. The molecule has 1 atom stereocenters. The summed E-state index contributed by atoms with van der Waals surface area (Å²) in [6.07, 6.45) is -0.563. The van der Waals surface area contributed by atoms with Gasteiger partial charge >= 0.3 is 0 Å². The molecular weight excluding hydrogens is 254 g/mol. The van der Waals surface area contributed by atoms with E-state index in [1.54, 1.807) is 6.92 Å². The number of carbonyl (C=O) groups is 2. The Hall–Kier alpha value is -2.01. The molecule has 106 valence electrons. The number of benzodiazepines with no additional fused rings is 1. The summed E-state index contributed by atoms with van der Waals surface area (Å²) in [7, 11) is 0. The third-order valence-corrected chi connectivity index (χ3v) is 3.48. The number of hydrogen-bond donors (Lipinski definition) is 1. The van der Waals surface area contributed by atoms with Gasteiger partial charge in [0.1, 0.15) is 0 Å². The predicted molar refractivity (Wildman–Crippen MR) is 79.0 cm³/mol. The number of para-hydroxylation sites is 1. The summed E-state index contributed by atoms with van der Waals surface area (Å²) in [6, 6.07) is 5.73. The molecule has 0 aromatic heterocycles. The Morgan fingerprint density at radius 1 is 1.40 bits per heavy atom. The number of Topliss-reactive ketones (excluding diaryl/α,β-unsaturated/α-hetero) is 1. The molecule has 1 aromatic carbocycles. The van der Waals surface area contributed by atoms with Crippen molar-refractivity contribution >= 4 is 23.1 Å². The molecule has 1 aliphatic heterocycles. The van der Waals surface area contributed by atoms with Crippen LogP contribution in [0.25, 0.3) is 0 Å². The molecule has 2 rings (SSSR count). The zero-order valence-electron chi connectivity index (χ0n) is 12.0. The number of aliphatic imine (C=N–C) groups is 1. The van der Waals surface area contributed by atoms with Crippen molar-refractivity contribution in [3.63, 3.8) is 0 Å². The lowest BCUT2D eigenvalue weighted by molar-refractivity contribution is -0.123. The lowest BCUT2D eigenvalue weighted by Gasteiger charge is -2.25. The zero-order valence-corrected chi connectivity index (χ0v) is 12.0. The van der Waals surface area contributed by atoms with Gasteiger partial charge in [-0.2, -0.15) is 0 Å². The summed E-state index contributed by atoms with van der Waals surface area (Å²) in [5.41, 5.74) is 9.07. The Labute approximate surface area is 118 Å². The summed E-state index contributed by atoms with van der Waals surface area (Å²) in [5.74, 6) is -0.335. The fourth-order valence-corrected chi connectivity index (χ4v) is 2.36. The smallest absolute Gasteiger partial charge is 0.266 e. The van der Waals surface area contributed by atoms with Crippen LogP contribution in [0.5, 0.6) is 0 Å². The van der Waals surface area contributed by atoms with Gasteiger partial charge in [0, 0.05) is 17.7 Å². The van der Waals surface area contributed by atoms with Gasteiger partial charge in [-0.05, 0) is 19.4 Å². The van der Waals surface area contributed by atoms with Crippen molar-refractivity contribution in [2.24, 2.45) is 10.7 Å².